The van der Waals surface area contributed by atoms with E-state index in [0.717, 1.165) is 16.7 Å². The Morgan fingerprint density at radius 2 is 1.62 bits per heavy atom. The van der Waals surface area contributed by atoms with Crippen molar-refractivity contribution in [3.63, 3.8) is 0 Å². The SMILES string of the molecule is C=C(NC(=O)C(=C)N1Cc2c(-c3ccc(C(=O)NC(C)(C)C)cc3)cccc2C1O)C(=O)OC(C)(C)C. The maximum Gasteiger partial charge on any atom is 0.354 e. The zero-order valence-corrected chi connectivity index (χ0v) is 22.3. The van der Waals surface area contributed by atoms with Gasteiger partial charge in [0.05, 0.1) is 5.70 Å². The second-order valence-electron chi connectivity index (χ2n) is 11.0. The number of hydrogen-bond acceptors (Lipinski definition) is 6. The van der Waals surface area contributed by atoms with Crippen LogP contribution in [0.2, 0.25) is 0 Å². The number of carbonyl (C=O) groups is 3. The molecule has 8 nitrogen and oxygen atoms in total. The van der Waals surface area contributed by atoms with Gasteiger partial charge in [-0.25, -0.2) is 4.79 Å². The monoisotopic (exact) mass is 505 g/mol. The van der Waals surface area contributed by atoms with Crippen LogP contribution in [-0.4, -0.2) is 38.9 Å². The summed E-state index contributed by atoms with van der Waals surface area (Å²) in [4.78, 5) is 38.9. The molecule has 0 spiro atoms. The highest BCUT2D eigenvalue weighted by Crippen LogP contribution is 2.39. The lowest BCUT2D eigenvalue weighted by atomic mass is 9.96. The second kappa shape index (κ2) is 10.2. The molecule has 2 aromatic rings. The van der Waals surface area contributed by atoms with Crippen molar-refractivity contribution in [3.05, 3.63) is 83.7 Å². The van der Waals surface area contributed by atoms with Gasteiger partial charge in [-0.1, -0.05) is 43.5 Å². The number of nitrogens with zero attached hydrogens (tertiary/aromatic N) is 1. The molecule has 3 N–H and O–H groups in total. The number of ether oxygens (including phenoxy) is 1. The van der Waals surface area contributed by atoms with Gasteiger partial charge >= 0.3 is 5.97 Å². The van der Waals surface area contributed by atoms with Crippen molar-refractivity contribution in [1.29, 1.82) is 0 Å². The molecule has 1 aliphatic heterocycles. The standard InChI is InChI=1S/C29H35N3O5/c1-17(27(36)37-29(6,7)8)30-24(33)18(2)32-16-23-21(10-9-11-22(23)26(32)35)19-12-14-20(15-13-19)25(34)31-28(3,4)5/h9-15,26,35H,1-2,16H2,3-8H3,(H,30,33)(H,31,34). The van der Waals surface area contributed by atoms with Gasteiger partial charge < -0.3 is 25.4 Å². The molecule has 0 aromatic heterocycles. The molecule has 0 radical (unpaired) electrons. The first-order valence-electron chi connectivity index (χ1n) is 12.0. The summed E-state index contributed by atoms with van der Waals surface area (Å²) >= 11 is 0. The molecule has 3 rings (SSSR count). The Hall–Kier alpha value is -3.91. The first-order chi connectivity index (χ1) is 17.1. The quantitative estimate of drug-likeness (QED) is 0.402. The van der Waals surface area contributed by atoms with E-state index in [1.165, 1.54) is 4.90 Å². The smallest absolute Gasteiger partial charge is 0.354 e. The molecule has 8 heteroatoms. The fourth-order valence-corrected chi connectivity index (χ4v) is 3.91. The molecule has 2 aromatic carbocycles. The Kier molecular flexibility index (Phi) is 7.64. The van der Waals surface area contributed by atoms with Gasteiger partial charge in [0.25, 0.3) is 11.8 Å². The summed E-state index contributed by atoms with van der Waals surface area (Å²) in [6, 6.07) is 12.8. The minimum atomic E-state index is -1.10. The molecule has 1 heterocycles. The molecular weight excluding hydrogens is 470 g/mol. The van der Waals surface area contributed by atoms with Crippen molar-refractivity contribution >= 4 is 17.8 Å². The van der Waals surface area contributed by atoms with Gasteiger partial charge in [0.15, 0.2) is 6.23 Å². The normalized spacial score (nSPS) is 15.0. The van der Waals surface area contributed by atoms with Crippen LogP contribution in [0.25, 0.3) is 11.1 Å². The van der Waals surface area contributed by atoms with Gasteiger partial charge in [0.1, 0.15) is 11.3 Å². The Bertz CT molecular complexity index is 1250. The van der Waals surface area contributed by atoms with Gasteiger partial charge in [-0.3, -0.25) is 9.59 Å². The van der Waals surface area contributed by atoms with E-state index in [1.807, 2.05) is 45.0 Å². The Balaban J connectivity index is 1.76. The molecule has 0 bridgehead atoms. The van der Waals surface area contributed by atoms with E-state index in [4.69, 9.17) is 4.74 Å². The molecule has 0 fully saturated rings. The summed E-state index contributed by atoms with van der Waals surface area (Å²) in [5.74, 6) is -1.58. The predicted octanol–water partition coefficient (Wildman–Crippen LogP) is 4.17. The third-order valence-corrected chi connectivity index (χ3v) is 5.58. The van der Waals surface area contributed by atoms with E-state index in [1.54, 1.807) is 39.0 Å². The van der Waals surface area contributed by atoms with E-state index >= 15 is 0 Å². The molecule has 1 aliphatic rings. The number of carbonyl (C=O) groups excluding carboxylic acids is 3. The van der Waals surface area contributed by atoms with E-state index in [0.29, 0.717) is 11.1 Å². The zero-order valence-electron chi connectivity index (χ0n) is 22.3. The maximum absolute atomic E-state index is 12.8. The van der Waals surface area contributed by atoms with Gasteiger partial charge in [-0.15, -0.1) is 0 Å². The second-order valence-corrected chi connectivity index (χ2v) is 11.0. The summed E-state index contributed by atoms with van der Waals surface area (Å²) in [7, 11) is 0. The van der Waals surface area contributed by atoms with E-state index in [2.05, 4.69) is 23.8 Å². The molecule has 1 atom stereocenters. The number of fused-ring (bicyclic) bond motifs is 1. The van der Waals surface area contributed by atoms with Crippen LogP contribution in [0.5, 0.6) is 0 Å². The number of nitrogens with one attached hydrogen (secondary N) is 2. The Morgan fingerprint density at radius 1 is 1.00 bits per heavy atom. The Labute approximate surface area is 218 Å². The van der Waals surface area contributed by atoms with Crippen molar-refractivity contribution in [2.75, 3.05) is 0 Å². The topological polar surface area (TPSA) is 108 Å². The molecule has 0 saturated carbocycles. The first-order valence-corrected chi connectivity index (χ1v) is 12.0. The lowest BCUT2D eigenvalue weighted by Crippen LogP contribution is -2.40. The number of aliphatic hydroxyl groups is 1. The number of amides is 2. The van der Waals surface area contributed by atoms with Crippen molar-refractivity contribution < 1.29 is 24.2 Å². The molecule has 1 unspecified atom stereocenters. The van der Waals surface area contributed by atoms with Crippen molar-refractivity contribution in [2.45, 2.75) is 65.5 Å². The minimum Gasteiger partial charge on any atom is -0.455 e. The highest BCUT2D eigenvalue weighted by molar-refractivity contribution is 6.00. The van der Waals surface area contributed by atoms with Gasteiger partial charge in [0, 0.05) is 23.2 Å². The number of rotatable bonds is 6. The predicted molar refractivity (Wildman–Crippen MR) is 142 cm³/mol. The number of hydrogen-bond donors (Lipinski definition) is 3. The Morgan fingerprint density at radius 3 is 2.19 bits per heavy atom. The number of aliphatic hydroxyl groups excluding tert-OH is 1. The van der Waals surface area contributed by atoms with Crippen molar-refractivity contribution in [3.8, 4) is 11.1 Å². The van der Waals surface area contributed by atoms with Crippen LogP contribution in [0.15, 0.2) is 67.0 Å². The summed E-state index contributed by atoms with van der Waals surface area (Å²) in [6.45, 7) is 18.5. The van der Waals surface area contributed by atoms with Crippen LogP contribution in [0.4, 0.5) is 0 Å². The van der Waals surface area contributed by atoms with Crippen molar-refractivity contribution in [2.24, 2.45) is 0 Å². The molecule has 196 valence electrons. The fourth-order valence-electron chi connectivity index (χ4n) is 3.91. The van der Waals surface area contributed by atoms with Gasteiger partial charge in [-0.2, -0.15) is 0 Å². The molecule has 37 heavy (non-hydrogen) atoms. The zero-order chi connectivity index (χ0) is 27.7. The molecule has 2 amide bonds. The van der Waals surface area contributed by atoms with Crippen molar-refractivity contribution in [1.82, 2.24) is 15.5 Å². The highest BCUT2D eigenvalue weighted by atomic mass is 16.6. The summed E-state index contributed by atoms with van der Waals surface area (Å²) in [6.07, 6.45) is -1.10. The first kappa shape index (κ1) is 27.7. The summed E-state index contributed by atoms with van der Waals surface area (Å²) in [5.41, 5.74) is 2.44. The van der Waals surface area contributed by atoms with Crippen LogP contribution in [0, 0.1) is 0 Å². The minimum absolute atomic E-state index is 0.0199. The largest absolute Gasteiger partial charge is 0.455 e. The molecule has 0 aliphatic carbocycles. The van der Waals surface area contributed by atoms with Crippen LogP contribution < -0.4 is 10.6 Å². The van der Waals surface area contributed by atoms with Crippen LogP contribution in [-0.2, 0) is 20.9 Å². The van der Waals surface area contributed by atoms with Crippen LogP contribution in [0.1, 0.15) is 69.3 Å². The maximum atomic E-state index is 12.8. The van der Waals surface area contributed by atoms with E-state index in [9.17, 15) is 19.5 Å². The summed E-state index contributed by atoms with van der Waals surface area (Å²) in [5, 5.41) is 16.3. The number of benzene rings is 2. The molecular formula is C29H35N3O5. The lowest BCUT2D eigenvalue weighted by molar-refractivity contribution is -0.151. The average molecular weight is 506 g/mol. The summed E-state index contributed by atoms with van der Waals surface area (Å²) < 4.78 is 5.22. The lowest BCUT2D eigenvalue weighted by Gasteiger charge is -2.25. The number of esters is 1. The third kappa shape index (κ3) is 6.65. The van der Waals surface area contributed by atoms with Crippen LogP contribution in [0.3, 0.4) is 0 Å². The fraction of sp³-hybridized carbons (Fsp3) is 0.345. The third-order valence-electron chi connectivity index (χ3n) is 5.58. The van der Waals surface area contributed by atoms with E-state index < -0.39 is 23.7 Å². The van der Waals surface area contributed by atoms with Gasteiger partial charge in [-0.05, 0) is 70.4 Å². The molecule has 0 saturated heterocycles. The van der Waals surface area contributed by atoms with E-state index in [-0.39, 0.29) is 29.4 Å². The van der Waals surface area contributed by atoms with Crippen LogP contribution >= 0.6 is 0 Å². The average Bonchev–Trinajstić information content (AvgIpc) is 3.13. The highest BCUT2D eigenvalue weighted by Gasteiger charge is 2.34. The van der Waals surface area contributed by atoms with Gasteiger partial charge in [0.2, 0.25) is 0 Å².